The number of hydrogen-bond donors (Lipinski definition) is 4. The summed E-state index contributed by atoms with van der Waals surface area (Å²) in [6.07, 6.45) is 3.03. The maximum atomic E-state index is 11.8. The minimum atomic E-state index is -0.498. The summed E-state index contributed by atoms with van der Waals surface area (Å²) in [6, 6.07) is 3.50. The van der Waals surface area contributed by atoms with Crippen LogP contribution in [0.15, 0.2) is 18.3 Å². The van der Waals surface area contributed by atoms with E-state index in [0.717, 1.165) is 30.8 Å². The first kappa shape index (κ1) is 18.2. The Morgan fingerprint density at radius 1 is 1.27 bits per heavy atom. The summed E-state index contributed by atoms with van der Waals surface area (Å²) in [5.74, 6) is 1.02. The van der Waals surface area contributed by atoms with E-state index in [2.05, 4.69) is 20.9 Å². The van der Waals surface area contributed by atoms with Gasteiger partial charge in [-0.2, -0.15) is 0 Å². The molecule has 0 spiro atoms. The Morgan fingerprint density at radius 3 is 2.64 bits per heavy atom. The van der Waals surface area contributed by atoms with Crippen molar-refractivity contribution in [2.24, 2.45) is 5.92 Å². The highest BCUT2D eigenvalue weighted by Gasteiger charge is 2.15. The zero-order valence-corrected chi connectivity index (χ0v) is 13.7. The number of nitrogens with one attached hydrogen (secondary N) is 3. The summed E-state index contributed by atoms with van der Waals surface area (Å²) in [7, 11) is 0. The highest BCUT2D eigenvalue weighted by Crippen LogP contribution is 2.12. The number of aliphatic hydroxyl groups is 1. The van der Waals surface area contributed by atoms with Crippen LogP contribution in [0.5, 0.6) is 0 Å². The Morgan fingerprint density at radius 2 is 2.00 bits per heavy atom. The summed E-state index contributed by atoms with van der Waals surface area (Å²) < 4.78 is 0. The van der Waals surface area contributed by atoms with Crippen molar-refractivity contribution in [3.05, 3.63) is 23.9 Å². The van der Waals surface area contributed by atoms with Gasteiger partial charge in [-0.05, 0) is 30.5 Å². The number of rotatable bonds is 9. The molecule has 1 rings (SSSR count). The van der Waals surface area contributed by atoms with Gasteiger partial charge in [-0.15, -0.1) is 0 Å². The van der Waals surface area contributed by atoms with Gasteiger partial charge in [-0.25, -0.2) is 9.78 Å². The van der Waals surface area contributed by atoms with E-state index in [1.165, 1.54) is 0 Å². The van der Waals surface area contributed by atoms with Crippen molar-refractivity contribution in [2.45, 2.75) is 46.3 Å². The molecule has 1 aromatic heterocycles. The van der Waals surface area contributed by atoms with Crippen molar-refractivity contribution >= 4 is 11.8 Å². The molecule has 0 saturated carbocycles. The number of anilines is 1. The first-order valence-electron chi connectivity index (χ1n) is 7.99. The lowest BCUT2D eigenvalue weighted by molar-refractivity contribution is 0.103. The molecule has 124 valence electrons. The highest BCUT2D eigenvalue weighted by atomic mass is 16.3. The Bertz CT molecular complexity index is 450. The number of urea groups is 1. The average molecular weight is 308 g/mol. The van der Waals surface area contributed by atoms with Crippen molar-refractivity contribution in [1.82, 2.24) is 15.6 Å². The molecule has 2 amide bonds. The molecule has 0 aliphatic heterocycles. The number of carbonyl (C=O) groups is 1. The van der Waals surface area contributed by atoms with Crippen LogP contribution in [0.1, 0.15) is 39.2 Å². The quantitative estimate of drug-likeness (QED) is 0.563. The van der Waals surface area contributed by atoms with Crippen molar-refractivity contribution in [3.63, 3.8) is 0 Å². The lowest BCUT2D eigenvalue weighted by atomic mass is 9.97. The third-order valence-corrected chi connectivity index (χ3v) is 3.70. The van der Waals surface area contributed by atoms with Gasteiger partial charge in [-0.3, -0.25) is 0 Å². The molecule has 0 bridgehead atoms. The van der Waals surface area contributed by atoms with E-state index in [4.69, 9.17) is 0 Å². The molecule has 0 aliphatic rings. The van der Waals surface area contributed by atoms with E-state index >= 15 is 0 Å². The summed E-state index contributed by atoms with van der Waals surface area (Å²) in [5, 5.41) is 18.6. The van der Waals surface area contributed by atoms with Crippen LogP contribution in [0.25, 0.3) is 0 Å². The molecule has 1 aromatic rings. The molecule has 22 heavy (non-hydrogen) atoms. The Hall–Kier alpha value is -1.82. The molecule has 0 aromatic carbocycles. The van der Waals surface area contributed by atoms with E-state index in [0.29, 0.717) is 6.54 Å². The molecule has 4 N–H and O–H groups in total. The Balaban J connectivity index is 2.35. The fourth-order valence-electron chi connectivity index (χ4n) is 2.30. The maximum absolute atomic E-state index is 11.8. The van der Waals surface area contributed by atoms with Crippen molar-refractivity contribution in [2.75, 3.05) is 18.4 Å². The second kappa shape index (κ2) is 10.00. The van der Waals surface area contributed by atoms with Gasteiger partial charge >= 0.3 is 6.03 Å². The molecule has 0 fully saturated rings. The fraction of sp³-hybridized carbons (Fsp3) is 0.625. The van der Waals surface area contributed by atoms with Gasteiger partial charge in [0.05, 0.1) is 6.10 Å². The minimum absolute atomic E-state index is 0.225. The zero-order chi connectivity index (χ0) is 16.4. The second-order valence-corrected chi connectivity index (χ2v) is 5.29. The van der Waals surface area contributed by atoms with E-state index in [9.17, 15) is 9.90 Å². The van der Waals surface area contributed by atoms with Gasteiger partial charge in [0.25, 0.3) is 0 Å². The molecule has 1 unspecified atom stereocenters. The number of carbonyl (C=O) groups excluding carboxylic acids is 1. The van der Waals surface area contributed by atoms with Gasteiger partial charge in [0, 0.05) is 25.8 Å². The van der Waals surface area contributed by atoms with Crippen LogP contribution in [-0.2, 0) is 6.54 Å². The molecule has 1 heterocycles. The first-order chi connectivity index (χ1) is 10.6. The third kappa shape index (κ3) is 6.30. The van der Waals surface area contributed by atoms with Crippen LogP contribution in [0.3, 0.4) is 0 Å². The fourth-order valence-corrected chi connectivity index (χ4v) is 2.30. The lowest BCUT2D eigenvalue weighted by Crippen LogP contribution is -2.41. The van der Waals surface area contributed by atoms with E-state index < -0.39 is 6.10 Å². The first-order valence-corrected chi connectivity index (χ1v) is 7.99. The molecular formula is C16H28N4O2. The molecule has 1 atom stereocenters. The molecular weight excluding hydrogens is 280 g/mol. The molecule has 0 aliphatic carbocycles. The van der Waals surface area contributed by atoms with Crippen molar-refractivity contribution in [3.8, 4) is 0 Å². The number of aromatic nitrogens is 1. The standard InChI is InChI=1S/C16H28N4O2/c1-4-13(5-2)14(21)11-20-16(22)19-10-12-7-8-18-15(9-12)17-6-3/h7-9,13-14,21H,4-6,10-11H2,1-3H3,(H,17,18)(H2,19,20,22). The van der Waals surface area contributed by atoms with Crippen LogP contribution in [-0.4, -0.2) is 35.3 Å². The topological polar surface area (TPSA) is 86.3 Å². The molecule has 0 radical (unpaired) electrons. The summed E-state index contributed by atoms with van der Waals surface area (Å²) in [4.78, 5) is 15.9. The van der Waals surface area contributed by atoms with Gasteiger partial charge in [-0.1, -0.05) is 26.7 Å². The SMILES string of the molecule is CCNc1cc(CNC(=O)NCC(O)C(CC)CC)ccn1. The van der Waals surface area contributed by atoms with E-state index in [1.807, 2.05) is 32.9 Å². The number of aliphatic hydroxyl groups excluding tert-OH is 1. The van der Waals surface area contributed by atoms with Gasteiger partial charge in [0.1, 0.15) is 5.82 Å². The number of amides is 2. The van der Waals surface area contributed by atoms with Crippen LogP contribution in [0.4, 0.5) is 10.6 Å². The van der Waals surface area contributed by atoms with Crippen molar-refractivity contribution in [1.29, 1.82) is 0 Å². The van der Waals surface area contributed by atoms with Crippen LogP contribution in [0, 0.1) is 5.92 Å². The number of hydrogen-bond acceptors (Lipinski definition) is 4. The van der Waals surface area contributed by atoms with Gasteiger partial charge < -0.3 is 21.1 Å². The molecule has 6 nitrogen and oxygen atoms in total. The van der Waals surface area contributed by atoms with E-state index in [-0.39, 0.29) is 18.5 Å². The second-order valence-electron chi connectivity index (χ2n) is 5.29. The highest BCUT2D eigenvalue weighted by molar-refractivity contribution is 5.73. The number of pyridine rings is 1. The summed E-state index contributed by atoms with van der Waals surface area (Å²) in [5.41, 5.74) is 0.974. The van der Waals surface area contributed by atoms with Crippen LogP contribution in [0.2, 0.25) is 0 Å². The van der Waals surface area contributed by atoms with Crippen LogP contribution < -0.4 is 16.0 Å². The minimum Gasteiger partial charge on any atom is -0.391 e. The Kier molecular flexibility index (Phi) is 8.28. The smallest absolute Gasteiger partial charge is 0.315 e. The predicted octanol–water partition coefficient (Wildman–Crippen LogP) is 2.11. The predicted molar refractivity (Wildman–Crippen MR) is 88.7 cm³/mol. The van der Waals surface area contributed by atoms with Crippen LogP contribution >= 0.6 is 0 Å². The maximum Gasteiger partial charge on any atom is 0.315 e. The average Bonchev–Trinajstić information content (AvgIpc) is 2.53. The van der Waals surface area contributed by atoms with Crippen molar-refractivity contribution < 1.29 is 9.90 Å². The van der Waals surface area contributed by atoms with Gasteiger partial charge in [0.15, 0.2) is 0 Å². The largest absolute Gasteiger partial charge is 0.391 e. The monoisotopic (exact) mass is 308 g/mol. The summed E-state index contributed by atoms with van der Waals surface area (Å²) >= 11 is 0. The number of nitrogens with zero attached hydrogens (tertiary/aromatic N) is 1. The molecule has 6 heteroatoms. The van der Waals surface area contributed by atoms with E-state index in [1.54, 1.807) is 6.20 Å². The normalized spacial score (nSPS) is 12.0. The Labute approximate surface area is 132 Å². The lowest BCUT2D eigenvalue weighted by Gasteiger charge is -2.20. The third-order valence-electron chi connectivity index (χ3n) is 3.70. The summed E-state index contributed by atoms with van der Waals surface area (Å²) in [6.45, 7) is 7.60. The molecule has 0 saturated heterocycles. The zero-order valence-electron chi connectivity index (χ0n) is 13.7. The van der Waals surface area contributed by atoms with Gasteiger partial charge in [0.2, 0.25) is 0 Å².